The third-order valence-corrected chi connectivity index (χ3v) is 4.70. The van der Waals surface area contributed by atoms with Crippen LogP contribution in [0.2, 0.25) is 0 Å². The van der Waals surface area contributed by atoms with Gasteiger partial charge in [0.25, 0.3) is 0 Å². The van der Waals surface area contributed by atoms with E-state index in [9.17, 15) is 0 Å². The van der Waals surface area contributed by atoms with Gasteiger partial charge in [0.05, 0.1) is 0 Å². The van der Waals surface area contributed by atoms with E-state index in [4.69, 9.17) is 5.73 Å². The van der Waals surface area contributed by atoms with Crippen molar-refractivity contribution in [2.45, 2.75) is 51.2 Å². The van der Waals surface area contributed by atoms with E-state index in [1.54, 1.807) is 0 Å². The van der Waals surface area contributed by atoms with E-state index >= 15 is 0 Å². The van der Waals surface area contributed by atoms with Crippen molar-refractivity contribution in [3.63, 3.8) is 0 Å². The average molecular weight is 237 g/mol. The van der Waals surface area contributed by atoms with Crippen LogP contribution in [0.25, 0.3) is 0 Å². The quantitative estimate of drug-likeness (QED) is 0.810. The van der Waals surface area contributed by atoms with Crippen LogP contribution in [0, 0.1) is 27.7 Å². The van der Waals surface area contributed by atoms with E-state index in [2.05, 4.69) is 47.6 Å². The standard InChI is InChI=1S/C14H23NS/c1-9-7-10(2)12(4)13(11(9)3)16-14(5,6)8-15/h7H,8,15H2,1-6H3. The van der Waals surface area contributed by atoms with Gasteiger partial charge in [0.1, 0.15) is 0 Å². The number of aryl methyl sites for hydroxylation is 2. The predicted octanol–water partition coefficient (Wildman–Crippen LogP) is 3.75. The zero-order valence-electron chi connectivity index (χ0n) is 11.3. The molecule has 0 unspecified atom stereocenters. The summed E-state index contributed by atoms with van der Waals surface area (Å²) in [6, 6.07) is 2.27. The first-order chi connectivity index (χ1) is 7.28. The molecule has 0 aliphatic rings. The van der Waals surface area contributed by atoms with Crippen molar-refractivity contribution < 1.29 is 0 Å². The number of hydrogen-bond donors (Lipinski definition) is 1. The zero-order valence-corrected chi connectivity index (χ0v) is 12.1. The van der Waals surface area contributed by atoms with Crippen LogP contribution in [0.15, 0.2) is 11.0 Å². The molecule has 0 saturated carbocycles. The predicted molar refractivity (Wildman–Crippen MR) is 74.4 cm³/mol. The molecule has 16 heavy (non-hydrogen) atoms. The van der Waals surface area contributed by atoms with Crippen LogP contribution in [0.4, 0.5) is 0 Å². The van der Waals surface area contributed by atoms with E-state index in [0.29, 0.717) is 6.54 Å². The number of hydrogen-bond acceptors (Lipinski definition) is 2. The Bertz CT molecular complexity index is 368. The summed E-state index contributed by atoms with van der Waals surface area (Å²) >= 11 is 1.90. The van der Waals surface area contributed by atoms with Crippen molar-refractivity contribution in [3.8, 4) is 0 Å². The topological polar surface area (TPSA) is 26.0 Å². The Balaban J connectivity index is 3.23. The van der Waals surface area contributed by atoms with E-state index in [-0.39, 0.29) is 4.75 Å². The van der Waals surface area contributed by atoms with Crippen LogP contribution >= 0.6 is 11.8 Å². The van der Waals surface area contributed by atoms with Gasteiger partial charge in [-0.25, -0.2) is 0 Å². The van der Waals surface area contributed by atoms with Crippen LogP contribution in [-0.2, 0) is 0 Å². The minimum absolute atomic E-state index is 0.107. The molecular formula is C14H23NS. The summed E-state index contributed by atoms with van der Waals surface area (Å²) in [5, 5.41) is 0. The summed E-state index contributed by atoms with van der Waals surface area (Å²) in [5.41, 5.74) is 11.4. The Morgan fingerprint density at radius 2 is 1.50 bits per heavy atom. The number of thioether (sulfide) groups is 1. The second-order valence-corrected chi connectivity index (χ2v) is 6.87. The summed E-state index contributed by atoms with van der Waals surface area (Å²) in [7, 11) is 0. The van der Waals surface area contributed by atoms with Gasteiger partial charge in [0.15, 0.2) is 0 Å². The van der Waals surface area contributed by atoms with Gasteiger partial charge in [-0.2, -0.15) is 0 Å². The molecule has 1 aromatic carbocycles. The smallest absolute Gasteiger partial charge is 0.0273 e. The van der Waals surface area contributed by atoms with Crippen molar-refractivity contribution in [2.24, 2.45) is 5.73 Å². The van der Waals surface area contributed by atoms with Crippen LogP contribution in [0.3, 0.4) is 0 Å². The highest BCUT2D eigenvalue weighted by Crippen LogP contribution is 2.38. The summed E-state index contributed by atoms with van der Waals surface area (Å²) in [6.07, 6.45) is 0. The Morgan fingerprint density at radius 1 is 1.06 bits per heavy atom. The zero-order chi connectivity index (χ0) is 12.5. The molecule has 0 spiro atoms. The maximum Gasteiger partial charge on any atom is 0.0273 e. The molecule has 1 nitrogen and oxygen atoms in total. The van der Waals surface area contributed by atoms with E-state index in [0.717, 1.165) is 0 Å². The lowest BCUT2D eigenvalue weighted by Crippen LogP contribution is -2.27. The SMILES string of the molecule is Cc1cc(C)c(C)c(SC(C)(C)CN)c1C. The lowest BCUT2D eigenvalue weighted by molar-refractivity contribution is 0.722. The fourth-order valence-electron chi connectivity index (χ4n) is 1.65. The first-order valence-electron chi connectivity index (χ1n) is 5.75. The van der Waals surface area contributed by atoms with Crippen LogP contribution in [-0.4, -0.2) is 11.3 Å². The van der Waals surface area contributed by atoms with Gasteiger partial charge >= 0.3 is 0 Å². The van der Waals surface area contributed by atoms with Crippen LogP contribution < -0.4 is 5.73 Å². The van der Waals surface area contributed by atoms with Gasteiger partial charge in [-0.3, -0.25) is 0 Å². The fraction of sp³-hybridized carbons (Fsp3) is 0.571. The fourth-order valence-corrected chi connectivity index (χ4v) is 2.92. The van der Waals surface area contributed by atoms with Crippen molar-refractivity contribution in [1.29, 1.82) is 0 Å². The van der Waals surface area contributed by atoms with Crippen molar-refractivity contribution >= 4 is 11.8 Å². The molecule has 0 aliphatic heterocycles. The second-order valence-electron chi connectivity index (χ2n) is 5.16. The number of nitrogens with two attached hydrogens (primary N) is 1. The Morgan fingerprint density at radius 3 is 1.88 bits per heavy atom. The Hall–Kier alpha value is -0.470. The highest BCUT2D eigenvalue weighted by molar-refractivity contribution is 8.00. The molecular weight excluding hydrogens is 214 g/mol. The molecule has 0 amide bonds. The molecule has 0 heterocycles. The largest absolute Gasteiger partial charge is 0.329 e. The van der Waals surface area contributed by atoms with Gasteiger partial charge < -0.3 is 5.73 Å². The molecule has 0 aromatic heterocycles. The molecule has 0 saturated heterocycles. The maximum atomic E-state index is 5.81. The minimum atomic E-state index is 0.107. The van der Waals surface area contributed by atoms with Gasteiger partial charge in [-0.1, -0.05) is 6.07 Å². The van der Waals surface area contributed by atoms with Crippen molar-refractivity contribution in [1.82, 2.24) is 0 Å². The van der Waals surface area contributed by atoms with Gasteiger partial charge in [0, 0.05) is 16.2 Å². The molecule has 2 N–H and O–H groups in total. The summed E-state index contributed by atoms with van der Waals surface area (Å²) in [4.78, 5) is 1.41. The van der Waals surface area contributed by atoms with Gasteiger partial charge in [-0.15, -0.1) is 11.8 Å². The molecule has 0 fully saturated rings. The number of rotatable bonds is 3. The monoisotopic (exact) mass is 237 g/mol. The molecule has 0 bridgehead atoms. The highest BCUT2D eigenvalue weighted by Gasteiger charge is 2.20. The molecule has 2 heteroatoms. The van der Waals surface area contributed by atoms with Crippen molar-refractivity contribution in [2.75, 3.05) is 6.54 Å². The van der Waals surface area contributed by atoms with Crippen LogP contribution in [0.5, 0.6) is 0 Å². The summed E-state index contributed by atoms with van der Waals surface area (Å²) < 4.78 is 0.107. The van der Waals surface area contributed by atoms with E-state index in [1.807, 2.05) is 11.8 Å². The molecule has 1 aromatic rings. The molecule has 90 valence electrons. The highest BCUT2D eigenvalue weighted by atomic mass is 32.2. The molecule has 0 atom stereocenters. The van der Waals surface area contributed by atoms with E-state index < -0.39 is 0 Å². The first kappa shape index (κ1) is 13.6. The Kier molecular flexibility index (Phi) is 4.08. The minimum Gasteiger partial charge on any atom is -0.329 e. The van der Waals surface area contributed by atoms with Gasteiger partial charge in [0.2, 0.25) is 0 Å². The van der Waals surface area contributed by atoms with Crippen LogP contribution in [0.1, 0.15) is 36.1 Å². The number of benzene rings is 1. The second kappa shape index (κ2) is 4.80. The summed E-state index contributed by atoms with van der Waals surface area (Å²) in [5.74, 6) is 0. The van der Waals surface area contributed by atoms with Gasteiger partial charge in [-0.05, 0) is 63.8 Å². The molecule has 0 radical (unpaired) electrons. The average Bonchev–Trinajstić information content (AvgIpc) is 2.22. The third kappa shape index (κ3) is 2.80. The lowest BCUT2D eigenvalue weighted by atomic mass is 10.0. The first-order valence-corrected chi connectivity index (χ1v) is 6.56. The Labute approximate surface area is 104 Å². The molecule has 0 aliphatic carbocycles. The maximum absolute atomic E-state index is 5.81. The third-order valence-electron chi connectivity index (χ3n) is 3.17. The summed E-state index contributed by atoms with van der Waals surface area (Å²) in [6.45, 7) is 13.9. The molecule has 1 rings (SSSR count). The lowest BCUT2D eigenvalue weighted by Gasteiger charge is -2.25. The normalized spacial score (nSPS) is 11.9. The van der Waals surface area contributed by atoms with E-state index in [1.165, 1.54) is 27.1 Å². The van der Waals surface area contributed by atoms with Crippen molar-refractivity contribution in [3.05, 3.63) is 28.3 Å².